The molecule has 2 nitrogen and oxygen atoms in total. The van der Waals surface area contributed by atoms with E-state index in [9.17, 15) is 4.79 Å². The van der Waals surface area contributed by atoms with E-state index in [0.29, 0.717) is 0 Å². The number of hydrogen-bond donors (Lipinski definition) is 1. The van der Waals surface area contributed by atoms with Gasteiger partial charge < -0.3 is 5.32 Å². The molecule has 76 valence electrons. The van der Waals surface area contributed by atoms with Crippen LogP contribution in [0.25, 0.3) is 0 Å². The van der Waals surface area contributed by atoms with Gasteiger partial charge in [0.15, 0.2) is 0 Å². The summed E-state index contributed by atoms with van der Waals surface area (Å²) < 4.78 is 1.01. The van der Waals surface area contributed by atoms with Gasteiger partial charge in [0.1, 0.15) is 0 Å². The van der Waals surface area contributed by atoms with E-state index in [1.165, 1.54) is 11.8 Å². The number of thioether (sulfide) groups is 1. The molecule has 0 radical (unpaired) electrons. The van der Waals surface area contributed by atoms with Gasteiger partial charge in [-0.1, -0.05) is 15.9 Å². The maximum absolute atomic E-state index is 11.5. The SMILES string of the molecule is CSC(C)C(=O)Nc1ccc(Br)cc1. The fraction of sp³-hybridized carbons (Fsp3) is 0.300. The molecule has 1 aromatic rings. The lowest BCUT2D eigenvalue weighted by atomic mass is 10.3. The van der Waals surface area contributed by atoms with E-state index >= 15 is 0 Å². The Kier molecular flexibility index (Phi) is 4.48. The topological polar surface area (TPSA) is 29.1 Å². The zero-order valence-electron chi connectivity index (χ0n) is 8.08. The first-order chi connectivity index (χ1) is 6.63. The number of rotatable bonds is 3. The molecule has 0 saturated carbocycles. The third-order valence-corrected chi connectivity index (χ3v) is 3.28. The molecule has 0 bridgehead atoms. The highest BCUT2D eigenvalue weighted by Crippen LogP contribution is 2.15. The summed E-state index contributed by atoms with van der Waals surface area (Å²) in [6.07, 6.45) is 1.92. The Balaban J connectivity index is 2.60. The van der Waals surface area contributed by atoms with E-state index in [0.717, 1.165) is 10.2 Å². The second-order valence-electron chi connectivity index (χ2n) is 2.87. The lowest BCUT2D eigenvalue weighted by Gasteiger charge is -2.09. The number of halogens is 1. The van der Waals surface area contributed by atoms with Gasteiger partial charge in [-0.15, -0.1) is 0 Å². The Bertz CT molecular complexity index is 312. The van der Waals surface area contributed by atoms with Gasteiger partial charge in [-0.05, 0) is 37.4 Å². The van der Waals surface area contributed by atoms with Gasteiger partial charge >= 0.3 is 0 Å². The summed E-state index contributed by atoms with van der Waals surface area (Å²) >= 11 is 4.87. The van der Waals surface area contributed by atoms with Gasteiger partial charge in [-0.2, -0.15) is 11.8 Å². The molecule has 1 atom stereocenters. The monoisotopic (exact) mass is 273 g/mol. The predicted molar refractivity (Wildman–Crippen MR) is 65.7 cm³/mol. The minimum atomic E-state index is -0.0151. The maximum Gasteiger partial charge on any atom is 0.237 e. The first kappa shape index (κ1) is 11.6. The van der Waals surface area contributed by atoms with Crippen molar-refractivity contribution in [2.24, 2.45) is 0 Å². The third kappa shape index (κ3) is 3.35. The number of carbonyl (C=O) groups excluding carboxylic acids is 1. The normalized spacial score (nSPS) is 12.2. The van der Waals surface area contributed by atoms with Crippen LogP contribution < -0.4 is 5.32 Å². The van der Waals surface area contributed by atoms with E-state index in [1.807, 2.05) is 37.4 Å². The molecule has 1 aromatic carbocycles. The first-order valence-corrected chi connectivity index (χ1v) is 6.31. The standard InChI is InChI=1S/C10H12BrNOS/c1-7(14-2)10(13)12-9-5-3-8(11)4-6-9/h3-7H,1-2H3,(H,12,13). The smallest absolute Gasteiger partial charge is 0.237 e. The van der Waals surface area contributed by atoms with Crippen LogP contribution in [0.2, 0.25) is 0 Å². The van der Waals surface area contributed by atoms with E-state index in [4.69, 9.17) is 0 Å². The Morgan fingerprint density at radius 2 is 2.00 bits per heavy atom. The van der Waals surface area contributed by atoms with Gasteiger partial charge in [-0.3, -0.25) is 4.79 Å². The fourth-order valence-electron chi connectivity index (χ4n) is 0.884. The quantitative estimate of drug-likeness (QED) is 0.917. The molecule has 0 saturated heterocycles. The summed E-state index contributed by atoms with van der Waals surface area (Å²) in [6.45, 7) is 1.89. The summed E-state index contributed by atoms with van der Waals surface area (Å²) in [5.41, 5.74) is 0.833. The van der Waals surface area contributed by atoms with Crippen LogP contribution in [-0.4, -0.2) is 17.4 Å². The minimum Gasteiger partial charge on any atom is -0.325 e. The van der Waals surface area contributed by atoms with Crippen LogP contribution in [0, 0.1) is 0 Å². The van der Waals surface area contributed by atoms with Gasteiger partial charge in [-0.25, -0.2) is 0 Å². The molecule has 1 rings (SSSR count). The zero-order valence-corrected chi connectivity index (χ0v) is 10.5. The van der Waals surface area contributed by atoms with Gasteiger partial charge in [0.25, 0.3) is 0 Å². The highest BCUT2D eigenvalue weighted by molar-refractivity contribution is 9.10. The molecule has 14 heavy (non-hydrogen) atoms. The van der Waals surface area contributed by atoms with Crippen molar-refractivity contribution in [3.05, 3.63) is 28.7 Å². The van der Waals surface area contributed by atoms with Crippen LogP contribution in [-0.2, 0) is 4.79 Å². The van der Waals surface area contributed by atoms with Crippen molar-refractivity contribution in [1.29, 1.82) is 0 Å². The molecular formula is C10H12BrNOS. The first-order valence-electron chi connectivity index (χ1n) is 4.22. The van der Waals surface area contributed by atoms with Crippen molar-refractivity contribution >= 4 is 39.3 Å². The van der Waals surface area contributed by atoms with E-state index in [1.54, 1.807) is 0 Å². The molecule has 0 fully saturated rings. The number of amides is 1. The molecule has 4 heteroatoms. The minimum absolute atomic E-state index is 0.0151. The number of hydrogen-bond acceptors (Lipinski definition) is 2. The van der Waals surface area contributed by atoms with Crippen molar-refractivity contribution in [2.45, 2.75) is 12.2 Å². The summed E-state index contributed by atoms with van der Waals surface area (Å²) in [5, 5.41) is 2.82. The third-order valence-electron chi connectivity index (χ3n) is 1.83. The highest BCUT2D eigenvalue weighted by atomic mass is 79.9. The lowest BCUT2D eigenvalue weighted by Crippen LogP contribution is -2.21. The van der Waals surface area contributed by atoms with Crippen LogP contribution in [0.15, 0.2) is 28.7 Å². The molecule has 0 aromatic heterocycles. The van der Waals surface area contributed by atoms with E-state index in [-0.39, 0.29) is 11.2 Å². The van der Waals surface area contributed by atoms with Crippen molar-refractivity contribution in [2.75, 3.05) is 11.6 Å². The van der Waals surface area contributed by atoms with Gasteiger partial charge in [0.05, 0.1) is 5.25 Å². The Morgan fingerprint density at radius 3 is 2.50 bits per heavy atom. The lowest BCUT2D eigenvalue weighted by molar-refractivity contribution is -0.115. The van der Waals surface area contributed by atoms with Gasteiger partial charge in [0, 0.05) is 10.2 Å². The maximum atomic E-state index is 11.5. The molecule has 0 aliphatic rings. The molecule has 1 N–H and O–H groups in total. The van der Waals surface area contributed by atoms with Crippen LogP contribution in [0.4, 0.5) is 5.69 Å². The molecule has 0 aliphatic carbocycles. The fourth-order valence-corrected chi connectivity index (χ4v) is 1.42. The number of benzene rings is 1. The summed E-state index contributed by atoms with van der Waals surface area (Å²) in [5.74, 6) is 0.0415. The van der Waals surface area contributed by atoms with Crippen molar-refractivity contribution in [3.8, 4) is 0 Å². The summed E-state index contributed by atoms with van der Waals surface area (Å²) in [6, 6.07) is 7.54. The zero-order chi connectivity index (χ0) is 10.6. The summed E-state index contributed by atoms with van der Waals surface area (Å²) in [4.78, 5) is 11.5. The largest absolute Gasteiger partial charge is 0.325 e. The number of nitrogens with one attached hydrogen (secondary N) is 1. The van der Waals surface area contributed by atoms with Crippen molar-refractivity contribution in [3.63, 3.8) is 0 Å². The molecule has 0 aliphatic heterocycles. The second kappa shape index (κ2) is 5.41. The highest BCUT2D eigenvalue weighted by Gasteiger charge is 2.10. The average molecular weight is 274 g/mol. The number of carbonyl (C=O) groups is 1. The Hall–Kier alpha value is -0.480. The number of anilines is 1. The van der Waals surface area contributed by atoms with Gasteiger partial charge in [0.2, 0.25) is 5.91 Å². The second-order valence-corrected chi connectivity index (χ2v) is 4.97. The van der Waals surface area contributed by atoms with Crippen molar-refractivity contribution in [1.82, 2.24) is 0 Å². The molecule has 0 spiro atoms. The Morgan fingerprint density at radius 1 is 1.43 bits per heavy atom. The average Bonchev–Trinajstić information content (AvgIpc) is 2.20. The van der Waals surface area contributed by atoms with Crippen LogP contribution in [0.1, 0.15) is 6.92 Å². The van der Waals surface area contributed by atoms with Crippen LogP contribution in [0.3, 0.4) is 0 Å². The summed E-state index contributed by atoms with van der Waals surface area (Å²) in [7, 11) is 0. The molecule has 0 heterocycles. The van der Waals surface area contributed by atoms with E-state index in [2.05, 4.69) is 21.2 Å². The van der Waals surface area contributed by atoms with Crippen LogP contribution >= 0.6 is 27.7 Å². The molecule has 1 amide bonds. The van der Waals surface area contributed by atoms with Crippen LogP contribution in [0.5, 0.6) is 0 Å². The molecular weight excluding hydrogens is 262 g/mol. The van der Waals surface area contributed by atoms with Crippen molar-refractivity contribution < 1.29 is 4.79 Å². The van der Waals surface area contributed by atoms with E-state index < -0.39 is 0 Å². The molecule has 1 unspecified atom stereocenters. The Labute approximate surface area is 96.6 Å². The predicted octanol–water partition coefficient (Wildman–Crippen LogP) is 3.14.